The van der Waals surface area contributed by atoms with Crippen LogP contribution in [0.3, 0.4) is 0 Å². The van der Waals surface area contributed by atoms with Crippen LogP contribution in [0.4, 0.5) is 30.6 Å². The lowest BCUT2D eigenvalue weighted by atomic mass is 10.3. The molecule has 2 rings (SSSR count). The lowest BCUT2D eigenvalue weighted by molar-refractivity contribution is 0.405. The monoisotopic (exact) mass is 325 g/mol. The van der Waals surface area contributed by atoms with Crippen molar-refractivity contribution >= 4 is 17.5 Å². The van der Waals surface area contributed by atoms with Gasteiger partial charge in [-0.2, -0.15) is 4.98 Å². The van der Waals surface area contributed by atoms with Crippen LogP contribution in [0.15, 0.2) is 24.4 Å². The van der Waals surface area contributed by atoms with E-state index in [4.69, 9.17) is 0 Å². The molecule has 5 nitrogen and oxygen atoms in total. The SMILES string of the molecule is CN(C)CCCNc1nccc(Nc2ccc(F)c(F)c2F)n1. The highest BCUT2D eigenvalue weighted by Gasteiger charge is 2.13. The average Bonchev–Trinajstić information content (AvgIpc) is 2.52. The van der Waals surface area contributed by atoms with E-state index in [0.717, 1.165) is 25.1 Å². The molecule has 2 aromatic rings. The highest BCUT2D eigenvalue weighted by Crippen LogP contribution is 2.22. The van der Waals surface area contributed by atoms with E-state index in [1.165, 1.54) is 12.3 Å². The minimum absolute atomic E-state index is 0.193. The molecule has 1 aromatic heterocycles. The summed E-state index contributed by atoms with van der Waals surface area (Å²) in [5, 5.41) is 5.65. The maximum Gasteiger partial charge on any atom is 0.224 e. The van der Waals surface area contributed by atoms with Crippen molar-refractivity contribution in [2.45, 2.75) is 6.42 Å². The summed E-state index contributed by atoms with van der Waals surface area (Å²) in [5.41, 5.74) is -0.193. The Kier molecular flexibility index (Phi) is 5.75. The molecule has 2 N–H and O–H groups in total. The molecule has 8 heteroatoms. The predicted molar refractivity (Wildman–Crippen MR) is 83.3 cm³/mol. The second kappa shape index (κ2) is 7.77. The van der Waals surface area contributed by atoms with Gasteiger partial charge in [-0.25, -0.2) is 18.2 Å². The summed E-state index contributed by atoms with van der Waals surface area (Å²) in [7, 11) is 3.97. The number of benzene rings is 1. The summed E-state index contributed by atoms with van der Waals surface area (Å²) in [4.78, 5) is 10.3. The molecule has 0 spiro atoms. The van der Waals surface area contributed by atoms with Gasteiger partial charge < -0.3 is 15.5 Å². The number of nitrogens with zero attached hydrogens (tertiary/aromatic N) is 3. The molecule has 0 bridgehead atoms. The molecule has 0 atom stereocenters. The quantitative estimate of drug-likeness (QED) is 0.605. The van der Waals surface area contributed by atoms with Gasteiger partial charge in [0, 0.05) is 12.7 Å². The average molecular weight is 325 g/mol. The third kappa shape index (κ3) is 4.82. The number of rotatable bonds is 7. The van der Waals surface area contributed by atoms with E-state index in [0.29, 0.717) is 12.5 Å². The van der Waals surface area contributed by atoms with Crippen LogP contribution >= 0.6 is 0 Å². The normalized spacial score (nSPS) is 10.9. The Morgan fingerprint density at radius 1 is 1.09 bits per heavy atom. The molecular weight excluding hydrogens is 307 g/mol. The highest BCUT2D eigenvalue weighted by atomic mass is 19.2. The summed E-state index contributed by atoms with van der Waals surface area (Å²) in [5.74, 6) is -3.40. The Bertz CT molecular complexity index is 664. The van der Waals surface area contributed by atoms with Gasteiger partial charge in [-0.15, -0.1) is 0 Å². The second-order valence-electron chi connectivity index (χ2n) is 5.20. The molecule has 1 aromatic carbocycles. The number of nitrogens with one attached hydrogen (secondary N) is 2. The van der Waals surface area contributed by atoms with Gasteiger partial charge in [0.15, 0.2) is 17.5 Å². The molecule has 0 saturated heterocycles. The van der Waals surface area contributed by atoms with Crippen LogP contribution in [0.1, 0.15) is 6.42 Å². The van der Waals surface area contributed by atoms with Crippen molar-refractivity contribution in [3.8, 4) is 0 Å². The van der Waals surface area contributed by atoms with Crippen molar-refractivity contribution in [3.05, 3.63) is 41.8 Å². The molecular formula is C15H18F3N5. The second-order valence-corrected chi connectivity index (χ2v) is 5.20. The lowest BCUT2D eigenvalue weighted by Crippen LogP contribution is -2.17. The largest absolute Gasteiger partial charge is 0.354 e. The van der Waals surface area contributed by atoms with E-state index in [-0.39, 0.29) is 11.5 Å². The van der Waals surface area contributed by atoms with Gasteiger partial charge in [-0.3, -0.25) is 0 Å². The van der Waals surface area contributed by atoms with Crippen LogP contribution in [-0.4, -0.2) is 42.1 Å². The molecule has 124 valence electrons. The molecule has 0 aliphatic carbocycles. The van der Waals surface area contributed by atoms with E-state index < -0.39 is 17.5 Å². The van der Waals surface area contributed by atoms with Gasteiger partial charge in [0.2, 0.25) is 5.95 Å². The van der Waals surface area contributed by atoms with Gasteiger partial charge in [0.25, 0.3) is 0 Å². The van der Waals surface area contributed by atoms with Crippen LogP contribution in [0.2, 0.25) is 0 Å². The molecule has 0 fully saturated rings. The molecule has 23 heavy (non-hydrogen) atoms. The number of hydrogen-bond donors (Lipinski definition) is 2. The Balaban J connectivity index is 2.01. The van der Waals surface area contributed by atoms with Crippen molar-refractivity contribution in [2.75, 3.05) is 37.8 Å². The fourth-order valence-electron chi connectivity index (χ4n) is 1.87. The molecule has 1 heterocycles. The first-order valence-corrected chi connectivity index (χ1v) is 7.09. The first-order chi connectivity index (χ1) is 11.0. The van der Waals surface area contributed by atoms with Gasteiger partial charge in [0.05, 0.1) is 5.69 Å². The standard InChI is InChI=1S/C15H18F3N5/c1-23(2)9-3-7-19-15-20-8-6-12(22-15)21-11-5-4-10(16)13(17)14(11)18/h4-6,8H,3,7,9H2,1-2H3,(H2,19,20,21,22). The fourth-order valence-corrected chi connectivity index (χ4v) is 1.87. The molecule has 0 unspecified atom stereocenters. The third-order valence-electron chi connectivity index (χ3n) is 3.02. The Hall–Kier alpha value is -2.35. The van der Waals surface area contributed by atoms with Crippen molar-refractivity contribution in [2.24, 2.45) is 0 Å². The van der Waals surface area contributed by atoms with Crippen molar-refractivity contribution < 1.29 is 13.2 Å². The maximum absolute atomic E-state index is 13.6. The summed E-state index contributed by atoms with van der Waals surface area (Å²) in [6.45, 7) is 1.60. The van der Waals surface area contributed by atoms with Crippen LogP contribution in [0.5, 0.6) is 0 Å². The number of hydrogen-bond acceptors (Lipinski definition) is 5. The number of halogens is 3. The Labute approximate surface area is 132 Å². The Morgan fingerprint density at radius 3 is 2.61 bits per heavy atom. The number of aromatic nitrogens is 2. The fraction of sp³-hybridized carbons (Fsp3) is 0.333. The van der Waals surface area contributed by atoms with Crippen LogP contribution in [0.25, 0.3) is 0 Å². The highest BCUT2D eigenvalue weighted by molar-refractivity contribution is 5.57. The van der Waals surface area contributed by atoms with Crippen molar-refractivity contribution in [1.82, 2.24) is 14.9 Å². The van der Waals surface area contributed by atoms with Crippen molar-refractivity contribution in [1.29, 1.82) is 0 Å². The zero-order valence-electron chi connectivity index (χ0n) is 12.9. The lowest BCUT2D eigenvalue weighted by Gasteiger charge is -2.11. The molecule has 0 aliphatic heterocycles. The smallest absolute Gasteiger partial charge is 0.224 e. The van der Waals surface area contributed by atoms with E-state index in [9.17, 15) is 13.2 Å². The summed E-state index contributed by atoms with van der Waals surface area (Å²) in [6, 6.07) is 3.47. The van der Waals surface area contributed by atoms with E-state index in [1.807, 2.05) is 14.1 Å². The van der Waals surface area contributed by atoms with E-state index in [2.05, 4.69) is 25.5 Å². The zero-order chi connectivity index (χ0) is 16.8. The molecule has 0 aliphatic rings. The topological polar surface area (TPSA) is 53.1 Å². The third-order valence-corrected chi connectivity index (χ3v) is 3.02. The van der Waals surface area contributed by atoms with Gasteiger partial charge in [-0.05, 0) is 45.3 Å². The van der Waals surface area contributed by atoms with E-state index >= 15 is 0 Å². The Morgan fingerprint density at radius 2 is 1.87 bits per heavy atom. The first-order valence-electron chi connectivity index (χ1n) is 7.09. The minimum atomic E-state index is -1.52. The van der Waals surface area contributed by atoms with Crippen LogP contribution in [0, 0.1) is 17.5 Å². The maximum atomic E-state index is 13.6. The molecule has 0 radical (unpaired) electrons. The summed E-state index contributed by atoms with van der Waals surface area (Å²) >= 11 is 0. The van der Waals surface area contributed by atoms with Crippen LogP contribution < -0.4 is 10.6 Å². The van der Waals surface area contributed by atoms with E-state index in [1.54, 1.807) is 0 Å². The summed E-state index contributed by atoms with van der Waals surface area (Å²) in [6.07, 6.45) is 2.40. The zero-order valence-corrected chi connectivity index (χ0v) is 12.9. The molecule has 0 amide bonds. The number of anilines is 3. The minimum Gasteiger partial charge on any atom is -0.354 e. The van der Waals surface area contributed by atoms with Gasteiger partial charge >= 0.3 is 0 Å². The molecule has 0 saturated carbocycles. The summed E-state index contributed by atoms with van der Waals surface area (Å²) < 4.78 is 39.7. The van der Waals surface area contributed by atoms with Crippen LogP contribution in [-0.2, 0) is 0 Å². The van der Waals surface area contributed by atoms with Crippen molar-refractivity contribution in [3.63, 3.8) is 0 Å². The predicted octanol–water partition coefficient (Wildman–Crippen LogP) is 3.00. The van der Waals surface area contributed by atoms with Gasteiger partial charge in [-0.1, -0.05) is 0 Å². The first kappa shape index (κ1) is 17.0. The van der Waals surface area contributed by atoms with Gasteiger partial charge in [0.1, 0.15) is 5.82 Å².